The number of oxazole rings is 1. The van der Waals surface area contributed by atoms with Gasteiger partial charge < -0.3 is 14.6 Å². The summed E-state index contributed by atoms with van der Waals surface area (Å²) in [6.45, 7) is 10.8. The van der Waals surface area contributed by atoms with E-state index in [1.54, 1.807) is 6.07 Å². The second kappa shape index (κ2) is 10.8. The van der Waals surface area contributed by atoms with Crippen molar-refractivity contribution in [1.82, 2.24) is 24.8 Å². The van der Waals surface area contributed by atoms with Crippen LogP contribution in [-0.4, -0.2) is 63.5 Å². The summed E-state index contributed by atoms with van der Waals surface area (Å²) in [4.78, 5) is 35.0. The average Bonchev–Trinajstić information content (AvgIpc) is 3.30. The maximum absolute atomic E-state index is 12.6. The molecule has 1 saturated heterocycles. The van der Waals surface area contributed by atoms with Crippen molar-refractivity contribution in [3.05, 3.63) is 46.6 Å². The number of hydrogen-bond acceptors (Lipinski definition) is 9. The molecule has 0 aliphatic carbocycles. The van der Waals surface area contributed by atoms with Gasteiger partial charge in [0.05, 0.1) is 16.9 Å². The predicted octanol–water partition coefficient (Wildman–Crippen LogP) is 3.91. The third-order valence-electron chi connectivity index (χ3n) is 5.59. The normalized spacial score (nSPS) is 14.3. The van der Waals surface area contributed by atoms with Gasteiger partial charge in [0.1, 0.15) is 5.82 Å². The standard InChI is InChI=1S/C23H29ClN8O2/c1-4-9-31-10-12-32(13-11-31)22-27-18(5-2)26-21(29-22)30-23-25-14-17(34-23)20(33)28-19-15(3)7-6-8-16(19)24/h6-8,14H,4-5,9-13H2,1-3H3,(H,28,33)(H,25,26,27,29,30). The molecule has 2 N–H and O–H groups in total. The zero-order valence-electron chi connectivity index (χ0n) is 19.6. The van der Waals surface area contributed by atoms with Gasteiger partial charge >= 0.3 is 6.01 Å². The molecule has 34 heavy (non-hydrogen) atoms. The van der Waals surface area contributed by atoms with Gasteiger partial charge in [0, 0.05) is 32.6 Å². The Hall–Kier alpha value is -3.24. The Labute approximate surface area is 203 Å². The van der Waals surface area contributed by atoms with Crippen molar-refractivity contribution < 1.29 is 9.21 Å². The number of nitrogens with one attached hydrogen (secondary N) is 2. The van der Waals surface area contributed by atoms with Gasteiger partial charge in [0.25, 0.3) is 5.91 Å². The van der Waals surface area contributed by atoms with E-state index in [-0.39, 0.29) is 11.8 Å². The lowest BCUT2D eigenvalue weighted by Crippen LogP contribution is -2.47. The minimum Gasteiger partial charge on any atom is -0.418 e. The van der Waals surface area contributed by atoms with Crippen LogP contribution >= 0.6 is 11.6 Å². The van der Waals surface area contributed by atoms with E-state index in [1.807, 2.05) is 26.0 Å². The van der Waals surface area contributed by atoms with Crippen molar-refractivity contribution >= 4 is 41.1 Å². The van der Waals surface area contributed by atoms with Crippen molar-refractivity contribution in [3.63, 3.8) is 0 Å². The molecule has 0 atom stereocenters. The minimum absolute atomic E-state index is 0.0406. The van der Waals surface area contributed by atoms with E-state index in [2.05, 4.69) is 47.3 Å². The highest BCUT2D eigenvalue weighted by atomic mass is 35.5. The van der Waals surface area contributed by atoms with Crippen LogP contribution in [0.4, 0.5) is 23.6 Å². The maximum atomic E-state index is 12.6. The van der Waals surface area contributed by atoms with Crippen LogP contribution in [0.25, 0.3) is 0 Å². The molecule has 180 valence electrons. The third kappa shape index (κ3) is 5.63. The van der Waals surface area contributed by atoms with Crippen LogP contribution in [0.3, 0.4) is 0 Å². The highest BCUT2D eigenvalue weighted by Gasteiger charge is 2.21. The van der Waals surface area contributed by atoms with Gasteiger partial charge in [0.2, 0.25) is 17.7 Å². The van der Waals surface area contributed by atoms with Crippen molar-refractivity contribution in [2.75, 3.05) is 48.3 Å². The molecule has 0 unspecified atom stereocenters. The molecular weight excluding hydrogens is 456 g/mol. The summed E-state index contributed by atoms with van der Waals surface area (Å²) < 4.78 is 5.60. The number of carbonyl (C=O) groups is 1. The van der Waals surface area contributed by atoms with E-state index in [9.17, 15) is 4.79 Å². The van der Waals surface area contributed by atoms with Gasteiger partial charge in [-0.2, -0.15) is 15.0 Å². The fraction of sp³-hybridized carbons (Fsp3) is 0.435. The van der Waals surface area contributed by atoms with Gasteiger partial charge in [0.15, 0.2) is 0 Å². The smallest absolute Gasteiger partial charge is 0.302 e. The summed E-state index contributed by atoms with van der Waals surface area (Å²) in [5, 5.41) is 6.19. The number of aryl methyl sites for hydroxylation is 2. The number of carbonyl (C=O) groups excluding carboxylic acids is 1. The second-order valence-electron chi connectivity index (χ2n) is 8.10. The molecule has 11 heteroatoms. The van der Waals surface area contributed by atoms with Crippen LogP contribution in [0, 0.1) is 6.92 Å². The first-order valence-electron chi connectivity index (χ1n) is 11.5. The van der Waals surface area contributed by atoms with Crippen molar-refractivity contribution in [2.24, 2.45) is 0 Å². The number of nitrogens with zero attached hydrogens (tertiary/aromatic N) is 6. The lowest BCUT2D eigenvalue weighted by Gasteiger charge is -2.34. The molecule has 10 nitrogen and oxygen atoms in total. The van der Waals surface area contributed by atoms with Gasteiger partial charge in [-0.15, -0.1) is 0 Å². The fourth-order valence-corrected chi connectivity index (χ4v) is 4.02. The first kappa shape index (κ1) is 23.9. The van der Waals surface area contributed by atoms with Crippen LogP contribution in [0.2, 0.25) is 5.02 Å². The molecule has 0 spiro atoms. The monoisotopic (exact) mass is 484 g/mol. The Kier molecular flexibility index (Phi) is 7.59. The topological polar surface area (TPSA) is 112 Å². The van der Waals surface area contributed by atoms with Gasteiger partial charge in [-0.05, 0) is 31.5 Å². The Morgan fingerprint density at radius 3 is 2.65 bits per heavy atom. The van der Waals surface area contributed by atoms with Crippen LogP contribution in [-0.2, 0) is 6.42 Å². The Morgan fingerprint density at radius 2 is 1.94 bits per heavy atom. The zero-order valence-corrected chi connectivity index (χ0v) is 20.4. The minimum atomic E-state index is -0.452. The number of rotatable bonds is 8. The largest absolute Gasteiger partial charge is 0.418 e. The number of benzene rings is 1. The van der Waals surface area contributed by atoms with Crippen LogP contribution < -0.4 is 15.5 Å². The van der Waals surface area contributed by atoms with Crippen molar-refractivity contribution in [3.8, 4) is 0 Å². The Bertz CT molecular complexity index is 1120. The number of para-hydroxylation sites is 1. The molecular formula is C23H29ClN8O2. The van der Waals surface area contributed by atoms with E-state index in [0.29, 0.717) is 34.9 Å². The molecule has 3 heterocycles. The van der Waals surface area contributed by atoms with E-state index < -0.39 is 5.91 Å². The number of piperazine rings is 1. The third-order valence-corrected chi connectivity index (χ3v) is 5.90. The summed E-state index contributed by atoms with van der Waals surface area (Å²) >= 11 is 6.20. The number of hydrogen-bond donors (Lipinski definition) is 2. The summed E-state index contributed by atoms with van der Waals surface area (Å²) in [6.07, 6.45) is 3.16. The molecule has 0 radical (unpaired) electrons. The fourth-order valence-electron chi connectivity index (χ4n) is 3.75. The number of halogens is 1. The van der Waals surface area contributed by atoms with Crippen molar-refractivity contribution in [2.45, 2.75) is 33.6 Å². The second-order valence-corrected chi connectivity index (χ2v) is 8.51. The molecule has 1 fully saturated rings. The number of anilines is 4. The lowest BCUT2D eigenvalue weighted by molar-refractivity contribution is 0.0997. The molecule has 1 aliphatic rings. The van der Waals surface area contributed by atoms with E-state index in [4.69, 9.17) is 16.0 Å². The Balaban J connectivity index is 1.46. The van der Waals surface area contributed by atoms with Crippen molar-refractivity contribution in [1.29, 1.82) is 0 Å². The van der Waals surface area contributed by atoms with Gasteiger partial charge in [-0.1, -0.05) is 37.6 Å². The quantitative estimate of drug-likeness (QED) is 0.491. The first-order chi connectivity index (χ1) is 16.5. The molecule has 0 saturated carbocycles. The zero-order chi connectivity index (χ0) is 24.1. The molecule has 4 rings (SSSR count). The maximum Gasteiger partial charge on any atom is 0.302 e. The summed E-state index contributed by atoms with van der Waals surface area (Å²) in [7, 11) is 0. The highest BCUT2D eigenvalue weighted by Crippen LogP contribution is 2.26. The highest BCUT2D eigenvalue weighted by molar-refractivity contribution is 6.34. The number of amides is 1. The Morgan fingerprint density at radius 1 is 1.15 bits per heavy atom. The molecule has 0 bridgehead atoms. The average molecular weight is 485 g/mol. The van der Waals surface area contributed by atoms with Gasteiger partial charge in [-0.25, -0.2) is 4.98 Å². The molecule has 3 aromatic rings. The molecule has 1 aromatic carbocycles. The van der Waals surface area contributed by atoms with Gasteiger partial charge in [-0.3, -0.25) is 15.0 Å². The number of aromatic nitrogens is 4. The van der Waals surface area contributed by atoms with Crippen LogP contribution in [0.1, 0.15) is 42.2 Å². The SMILES string of the molecule is CCCN1CCN(c2nc(CC)nc(Nc3ncc(C(=O)Nc4c(C)cccc4Cl)o3)n2)CC1. The van der Waals surface area contributed by atoms with E-state index >= 15 is 0 Å². The summed E-state index contributed by atoms with van der Waals surface area (Å²) in [6, 6.07) is 5.52. The lowest BCUT2D eigenvalue weighted by atomic mass is 10.2. The molecule has 1 aliphatic heterocycles. The molecule has 1 amide bonds. The summed E-state index contributed by atoms with van der Waals surface area (Å²) in [5.74, 6) is 1.21. The first-order valence-corrected chi connectivity index (χ1v) is 11.9. The van der Waals surface area contributed by atoms with Crippen LogP contribution in [0.15, 0.2) is 28.8 Å². The van der Waals surface area contributed by atoms with E-state index in [0.717, 1.165) is 44.7 Å². The van der Waals surface area contributed by atoms with E-state index in [1.165, 1.54) is 6.20 Å². The predicted molar refractivity (Wildman–Crippen MR) is 132 cm³/mol. The van der Waals surface area contributed by atoms with Crippen LogP contribution in [0.5, 0.6) is 0 Å². The summed E-state index contributed by atoms with van der Waals surface area (Å²) in [5.41, 5.74) is 1.38. The molecule has 2 aromatic heterocycles.